The minimum Gasteiger partial charge on any atom is -0.389 e. The van der Waals surface area contributed by atoms with E-state index in [-0.39, 0.29) is 11.9 Å². The summed E-state index contributed by atoms with van der Waals surface area (Å²) in [5, 5.41) is 8.97. The summed E-state index contributed by atoms with van der Waals surface area (Å²) in [6, 6.07) is 0. The lowest BCUT2D eigenvalue weighted by Gasteiger charge is -2.01. The third kappa shape index (κ3) is 19.3. The molecule has 0 heterocycles. The SMILES string of the molecule is C=CC(O)CCCCC.CSCCC(C)=O. The van der Waals surface area contributed by atoms with Gasteiger partial charge in [-0.15, -0.1) is 6.58 Å². The van der Waals surface area contributed by atoms with Crippen molar-refractivity contribution in [2.45, 2.75) is 52.1 Å². The van der Waals surface area contributed by atoms with E-state index in [1.165, 1.54) is 12.8 Å². The summed E-state index contributed by atoms with van der Waals surface area (Å²) in [6.07, 6.45) is 8.45. The van der Waals surface area contributed by atoms with Crippen molar-refractivity contribution in [3.63, 3.8) is 0 Å². The Hall–Kier alpha value is -0.280. The predicted molar refractivity (Wildman–Crippen MR) is 74.0 cm³/mol. The van der Waals surface area contributed by atoms with Gasteiger partial charge in [0.1, 0.15) is 5.78 Å². The van der Waals surface area contributed by atoms with Gasteiger partial charge in [-0.2, -0.15) is 11.8 Å². The second-order valence-corrected chi connectivity index (χ2v) is 4.73. The van der Waals surface area contributed by atoms with Crippen molar-refractivity contribution >= 4 is 17.5 Å². The topological polar surface area (TPSA) is 37.3 Å². The second-order valence-electron chi connectivity index (χ2n) is 3.74. The third-order valence-electron chi connectivity index (χ3n) is 2.03. The standard InChI is InChI=1S/C8H16O.C5H10OS/c1-3-5-6-7-8(9)4-2;1-5(6)3-4-7-2/h4,8-9H,2-3,5-7H2,1H3;3-4H2,1-2H3. The Balaban J connectivity index is 0. The Kier molecular flexibility index (Phi) is 16.6. The van der Waals surface area contributed by atoms with Crippen LogP contribution in [-0.2, 0) is 4.79 Å². The molecule has 0 aliphatic carbocycles. The van der Waals surface area contributed by atoms with Crippen molar-refractivity contribution in [1.82, 2.24) is 0 Å². The zero-order chi connectivity index (χ0) is 12.8. The van der Waals surface area contributed by atoms with E-state index in [0.29, 0.717) is 0 Å². The molecular formula is C13H26O2S. The van der Waals surface area contributed by atoms with Crippen LogP contribution in [0.3, 0.4) is 0 Å². The van der Waals surface area contributed by atoms with Gasteiger partial charge in [-0.3, -0.25) is 4.79 Å². The molecule has 0 saturated carbocycles. The number of aliphatic hydroxyl groups excluding tert-OH is 1. The average molecular weight is 246 g/mol. The van der Waals surface area contributed by atoms with Crippen molar-refractivity contribution in [3.8, 4) is 0 Å². The van der Waals surface area contributed by atoms with E-state index in [9.17, 15) is 4.79 Å². The van der Waals surface area contributed by atoms with Gasteiger partial charge in [0.25, 0.3) is 0 Å². The smallest absolute Gasteiger partial charge is 0.130 e. The highest BCUT2D eigenvalue weighted by Gasteiger charge is 1.94. The zero-order valence-electron chi connectivity index (χ0n) is 10.9. The maximum Gasteiger partial charge on any atom is 0.130 e. The molecule has 96 valence electrons. The fourth-order valence-corrected chi connectivity index (χ4v) is 1.46. The lowest BCUT2D eigenvalue weighted by molar-refractivity contribution is -0.116. The third-order valence-corrected chi connectivity index (χ3v) is 2.65. The van der Waals surface area contributed by atoms with E-state index in [2.05, 4.69) is 13.5 Å². The molecule has 0 aromatic rings. The van der Waals surface area contributed by atoms with Crippen LogP contribution in [0, 0.1) is 0 Å². The van der Waals surface area contributed by atoms with Crippen LogP contribution in [0.1, 0.15) is 46.0 Å². The Morgan fingerprint density at radius 3 is 2.44 bits per heavy atom. The second kappa shape index (κ2) is 14.7. The first-order valence-corrected chi connectivity index (χ1v) is 7.26. The normalized spacial score (nSPS) is 11.2. The number of carbonyl (C=O) groups is 1. The minimum absolute atomic E-state index is 0.281. The van der Waals surface area contributed by atoms with Gasteiger partial charge in [0.05, 0.1) is 6.10 Å². The zero-order valence-corrected chi connectivity index (χ0v) is 11.7. The number of hydrogen-bond acceptors (Lipinski definition) is 3. The molecule has 16 heavy (non-hydrogen) atoms. The first-order valence-electron chi connectivity index (χ1n) is 5.87. The molecule has 2 nitrogen and oxygen atoms in total. The van der Waals surface area contributed by atoms with Crippen LogP contribution < -0.4 is 0 Å². The van der Waals surface area contributed by atoms with Crippen molar-refractivity contribution < 1.29 is 9.90 Å². The van der Waals surface area contributed by atoms with Crippen molar-refractivity contribution in [2.75, 3.05) is 12.0 Å². The summed E-state index contributed by atoms with van der Waals surface area (Å²) < 4.78 is 0. The van der Waals surface area contributed by atoms with E-state index in [1.807, 2.05) is 6.26 Å². The predicted octanol–water partition coefficient (Wildman–Crippen LogP) is 3.44. The Morgan fingerprint density at radius 1 is 1.50 bits per heavy atom. The number of aliphatic hydroxyl groups is 1. The highest BCUT2D eigenvalue weighted by atomic mass is 32.2. The molecule has 0 amide bonds. The van der Waals surface area contributed by atoms with Gasteiger partial charge < -0.3 is 5.11 Å². The summed E-state index contributed by atoms with van der Waals surface area (Å²) in [4.78, 5) is 10.2. The molecule has 0 aliphatic rings. The van der Waals surface area contributed by atoms with Crippen LogP contribution in [0.25, 0.3) is 0 Å². The number of carbonyl (C=O) groups excluding carboxylic acids is 1. The van der Waals surface area contributed by atoms with Gasteiger partial charge in [0.2, 0.25) is 0 Å². The molecule has 0 aliphatic heterocycles. The first-order chi connectivity index (χ1) is 7.58. The quantitative estimate of drug-likeness (QED) is 0.526. The molecule has 0 bridgehead atoms. The van der Waals surface area contributed by atoms with E-state index < -0.39 is 0 Å². The van der Waals surface area contributed by atoms with E-state index in [1.54, 1.807) is 24.8 Å². The summed E-state index contributed by atoms with van der Waals surface area (Å²) in [7, 11) is 0. The molecule has 1 N–H and O–H groups in total. The van der Waals surface area contributed by atoms with E-state index in [4.69, 9.17) is 5.11 Å². The number of rotatable bonds is 8. The summed E-state index contributed by atoms with van der Waals surface area (Å²) in [5.74, 6) is 1.25. The number of unbranched alkanes of at least 4 members (excludes halogenated alkanes) is 2. The number of ketones is 1. The molecule has 0 aromatic carbocycles. The fourth-order valence-electron chi connectivity index (χ4n) is 0.967. The number of thioether (sulfide) groups is 1. The maximum absolute atomic E-state index is 10.2. The largest absolute Gasteiger partial charge is 0.389 e. The Bertz CT molecular complexity index is 169. The number of Topliss-reactive ketones (excluding diaryl/α,β-unsaturated/α-hetero) is 1. The van der Waals surface area contributed by atoms with Crippen molar-refractivity contribution in [2.24, 2.45) is 0 Å². The lowest BCUT2D eigenvalue weighted by Crippen LogP contribution is -1.99. The van der Waals surface area contributed by atoms with Crippen LogP contribution in [0.4, 0.5) is 0 Å². The molecule has 3 heteroatoms. The molecule has 0 spiro atoms. The van der Waals surface area contributed by atoms with Crippen molar-refractivity contribution in [3.05, 3.63) is 12.7 Å². The summed E-state index contributed by atoms with van der Waals surface area (Å²) in [6.45, 7) is 7.26. The van der Waals surface area contributed by atoms with Gasteiger partial charge in [-0.1, -0.05) is 32.3 Å². The summed E-state index contributed by atoms with van der Waals surface area (Å²) >= 11 is 1.71. The molecule has 1 atom stereocenters. The maximum atomic E-state index is 10.2. The Morgan fingerprint density at radius 2 is 2.12 bits per heavy atom. The summed E-state index contributed by atoms with van der Waals surface area (Å²) in [5.41, 5.74) is 0. The molecule has 0 saturated heterocycles. The van der Waals surface area contributed by atoms with Gasteiger partial charge in [0.15, 0.2) is 0 Å². The molecule has 0 fully saturated rings. The van der Waals surface area contributed by atoms with Crippen LogP contribution in [0.15, 0.2) is 12.7 Å². The van der Waals surface area contributed by atoms with Crippen molar-refractivity contribution in [1.29, 1.82) is 0 Å². The van der Waals surface area contributed by atoms with E-state index >= 15 is 0 Å². The molecule has 0 rings (SSSR count). The van der Waals surface area contributed by atoms with Crippen LogP contribution >= 0.6 is 11.8 Å². The van der Waals surface area contributed by atoms with Gasteiger partial charge in [0, 0.05) is 6.42 Å². The Labute approximate surface area is 105 Å². The number of hydrogen-bond donors (Lipinski definition) is 1. The lowest BCUT2D eigenvalue weighted by atomic mass is 10.1. The van der Waals surface area contributed by atoms with Crippen LogP contribution in [0.5, 0.6) is 0 Å². The van der Waals surface area contributed by atoms with Gasteiger partial charge in [-0.25, -0.2) is 0 Å². The van der Waals surface area contributed by atoms with Gasteiger partial charge in [-0.05, 0) is 25.4 Å². The van der Waals surface area contributed by atoms with Crippen LogP contribution in [-0.4, -0.2) is 29.0 Å². The van der Waals surface area contributed by atoms with E-state index in [0.717, 1.165) is 25.0 Å². The average Bonchev–Trinajstić information content (AvgIpc) is 2.27. The molecular weight excluding hydrogens is 220 g/mol. The highest BCUT2D eigenvalue weighted by Crippen LogP contribution is 2.02. The minimum atomic E-state index is -0.281. The monoisotopic (exact) mass is 246 g/mol. The van der Waals surface area contributed by atoms with Gasteiger partial charge >= 0.3 is 0 Å². The fraction of sp³-hybridized carbons (Fsp3) is 0.769. The highest BCUT2D eigenvalue weighted by molar-refractivity contribution is 7.98. The molecule has 1 unspecified atom stereocenters. The molecule has 0 radical (unpaired) electrons. The van der Waals surface area contributed by atoms with Crippen LogP contribution in [0.2, 0.25) is 0 Å². The molecule has 0 aromatic heterocycles. The first kappa shape index (κ1) is 18.1.